The summed E-state index contributed by atoms with van der Waals surface area (Å²) in [6, 6.07) is 6.50. The third kappa shape index (κ3) is 5.76. The number of nitrogens with zero attached hydrogens (tertiary/aromatic N) is 2. The van der Waals surface area contributed by atoms with Crippen molar-refractivity contribution in [2.45, 2.75) is 59.1 Å². The van der Waals surface area contributed by atoms with Crippen LogP contribution in [0.4, 0.5) is 10.5 Å². The smallest absolute Gasteiger partial charge is 0.307 e. The summed E-state index contributed by atoms with van der Waals surface area (Å²) in [5.41, 5.74) is 4.67. The summed E-state index contributed by atoms with van der Waals surface area (Å²) in [5, 5.41) is 10.4. The minimum absolute atomic E-state index is 0.173. The molecule has 0 fully saturated rings. The SMILES string of the molecule is Cc1cc(C(C)C)c(NC(=O)NS(=O)(=O)Cc2ccc(C)nn2)c(C(C)C)c1. The molecular formula is C20H28N4O3S. The summed E-state index contributed by atoms with van der Waals surface area (Å²) in [7, 11) is -3.91. The molecule has 152 valence electrons. The van der Waals surface area contributed by atoms with E-state index in [-0.39, 0.29) is 17.5 Å². The van der Waals surface area contributed by atoms with E-state index in [0.717, 1.165) is 16.7 Å². The average molecular weight is 405 g/mol. The number of rotatable bonds is 6. The van der Waals surface area contributed by atoms with Gasteiger partial charge in [-0.05, 0) is 48.9 Å². The van der Waals surface area contributed by atoms with E-state index in [9.17, 15) is 13.2 Å². The van der Waals surface area contributed by atoms with Gasteiger partial charge in [-0.15, -0.1) is 0 Å². The Morgan fingerprint density at radius 1 is 1.00 bits per heavy atom. The Morgan fingerprint density at radius 2 is 1.57 bits per heavy atom. The van der Waals surface area contributed by atoms with Crippen LogP contribution in [0.3, 0.4) is 0 Å². The molecule has 0 atom stereocenters. The Morgan fingerprint density at radius 3 is 2.04 bits per heavy atom. The maximum absolute atomic E-state index is 12.5. The first-order valence-corrected chi connectivity index (χ1v) is 10.9. The third-order valence-corrected chi connectivity index (χ3v) is 5.44. The van der Waals surface area contributed by atoms with Crippen LogP contribution in [0.5, 0.6) is 0 Å². The summed E-state index contributed by atoms with van der Waals surface area (Å²) in [6.45, 7) is 11.9. The molecule has 1 heterocycles. The molecule has 0 saturated carbocycles. The van der Waals surface area contributed by atoms with Crippen molar-refractivity contribution < 1.29 is 13.2 Å². The van der Waals surface area contributed by atoms with E-state index in [2.05, 4.69) is 20.2 Å². The lowest BCUT2D eigenvalue weighted by molar-refractivity contribution is 0.256. The quantitative estimate of drug-likeness (QED) is 0.758. The Balaban J connectivity index is 2.23. The first-order valence-electron chi connectivity index (χ1n) is 9.23. The molecule has 0 aliphatic heterocycles. The number of amides is 2. The van der Waals surface area contributed by atoms with Crippen molar-refractivity contribution in [2.24, 2.45) is 0 Å². The van der Waals surface area contributed by atoms with Crippen molar-refractivity contribution in [1.29, 1.82) is 0 Å². The molecule has 28 heavy (non-hydrogen) atoms. The molecule has 2 aromatic rings. The molecule has 7 nitrogen and oxygen atoms in total. The molecule has 1 aromatic heterocycles. The highest BCUT2D eigenvalue weighted by molar-refractivity contribution is 7.89. The second kappa shape index (κ2) is 8.68. The lowest BCUT2D eigenvalue weighted by Crippen LogP contribution is -2.36. The van der Waals surface area contributed by atoms with Crippen molar-refractivity contribution in [3.05, 3.63) is 52.3 Å². The maximum atomic E-state index is 12.5. The molecule has 0 aliphatic rings. The fourth-order valence-electron chi connectivity index (χ4n) is 2.91. The van der Waals surface area contributed by atoms with Gasteiger partial charge >= 0.3 is 6.03 Å². The van der Waals surface area contributed by atoms with E-state index in [1.807, 2.05) is 46.8 Å². The van der Waals surface area contributed by atoms with Gasteiger partial charge in [0.05, 0.1) is 11.4 Å². The van der Waals surface area contributed by atoms with Gasteiger partial charge in [0.15, 0.2) is 0 Å². The number of anilines is 1. The lowest BCUT2D eigenvalue weighted by atomic mass is 9.90. The summed E-state index contributed by atoms with van der Waals surface area (Å²) in [5.74, 6) is -0.0744. The highest BCUT2D eigenvalue weighted by Gasteiger charge is 2.21. The van der Waals surface area contributed by atoms with Gasteiger partial charge in [-0.2, -0.15) is 10.2 Å². The zero-order valence-corrected chi connectivity index (χ0v) is 18.0. The van der Waals surface area contributed by atoms with Crippen molar-refractivity contribution in [3.8, 4) is 0 Å². The molecule has 2 amide bonds. The number of urea groups is 1. The predicted octanol–water partition coefficient (Wildman–Crippen LogP) is 3.99. The minimum atomic E-state index is -3.91. The monoisotopic (exact) mass is 404 g/mol. The summed E-state index contributed by atoms with van der Waals surface area (Å²) < 4.78 is 26.7. The molecule has 0 unspecified atom stereocenters. The Labute approximate surface area is 167 Å². The second-order valence-electron chi connectivity index (χ2n) is 7.61. The first kappa shape index (κ1) is 21.8. The highest BCUT2D eigenvalue weighted by Crippen LogP contribution is 2.33. The van der Waals surface area contributed by atoms with Crippen LogP contribution >= 0.6 is 0 Å². The second-order valence-corrected chi connectivity index (χ2v) is 9.33. The molecule has 0 saturated heterocycles. The van der Waals surface area contributed by atoms with Gasteiger partial charge in [-0.1, -0.05) is 45.4 Å². The van der Waals surface area contributed by atoms with Crippen LogP contribution < -0.4 is 10.0 Å². The Kier molecular flexibility index (Phi) is 6.77. The zero-order chi connectivity index (χ0) is 21.1. The number of nitrogens with one attached hydrogen (secondary N) is 2. The van der Waals surface area contributed by atoms with Gasteiger partial charge in [0, 0.05) is 5.69 Å². The van der Waals surface area contributed by atoms with Crippen molar-refractivity contribution in [1.82, 2.24) is 14.9 Å². The molecule has 0 bridgehead atoms. The molecule has 2 rings (SSSR count). The summed E-state index contributed by atoms with van der Waals surface area (Å²) >= 11 is 0. The van der Waals surface area contributed by atoms with Gasteiger partial charge in [0.1, 0.15) is 5.75 Å². The van der Waals surface area contributed by atoms with Crippen molar-refractivity contribution in [2.75, 3.05) is 5.32 Å². The van der Waals surface area contributed by atoms with Crippen molar-refractivity contribution >= 4 is 21.7 Å². The van der Waals surface area contributed by atoms with Crippen LogP contribution in [0.15, 0.2) is 24.3 Å². The molecule has 8 heteroatoms. The van der Waals surface area contributed by atoms with E-state index in [1.165, 1.54) is 0 Å². The lowest BCUT2D eigenvalue weighted by Gasteiger charge is -2.21. The standard InChI is InChI=1S/C20H28N4O3S/c1-12(2)17-9-14(5)10-18(13(3)4)19(17)21-20(25)24-28(26,27)11-16-8-7-15(6)22-23-16/h7-10,12-13H,11H2,1-6H3,(H2,21,24,25). The predicted molar refractivity (Wildman–Crippen MR) is 111 cm³/mol. The van der Waals surface area contributed by atoms with Crippen LogP contribution in [-0.2, 0) is 15.8 Å². The maximum Gasteiger partial charge on any atom is 0.332 e. The largest absolute Gasteiger partial charge is 0.332 e. The number of carbonyl (C=O) groups excluding carboxylic acids is 1. The van der Waals surface area contributed by atoms with E-state index < -0.39 is 21.8 Å². The zero-order valence-electron chi connectivity index (χ0n) is 17.2. The number of hydrogen-bond donors (Lipinski definition) is 2. The average Bonchev–Trinajstić information content (AvgIpc) is 2.57. The number of hydrogen-bond acceptors (Lipinski definition) is 5. The van der Waals surface area contributed by atoms with E-state index in [1.54, 1.807) is 19.1 Å². The fourth-order valence-corrected chi connectivity index (χ4v) is 3.86. The normalized spacial score (nSPS) is 11.7. The first-order chi connectivity index (χ1) is 13.0. The van der Waals surface area contributed by atoms with E-state index in [0.29, 0.717) is 11.4 Å². The van der Waals surface area contributed by atoms with E-state index in [4.69, 9.17) is 0 Å². The fraction of sp³-hybridized carbons (Fsp3) is 0.450. The molecule has 0 spiro atoms. The number of sulfonamides is 1. The van der Waals surface area contributed by atoms with E-state index >= 15 is 0 Å². The van der Waals surface area contributed by atoms with Crippen molar-refractivity contribution in [3.63, 3.8) is 0 Å². The number of aryl methyl sites for hydroxylation is 2. The van der Waals surface area contributed by atoms with Crippen LogP contribution in [0.25, 0.3) is 0 Å². The highest BCUT2D eigenvalue weighted by atomic mass is 32.2. The number of carbonyl (C=O) groups is 1. The summed E-state index contributed by atoms with van der Waals surface area (Å²) in [6.07, 6.45) is 0. The van der Waals surface area contributed by atoms with Crippen LogP contribution in [0, 0.1) is 13.8 Å². The topological polar surface area (TPSA) is 101 Å². The minimum Gasteiger partial charge on any atom is -0.307 e. The molecular weight excluding hydrogens is 376 g/mol. The molecule has 0 aliphatic carbocycles. The van der Waals surface area contributed by atoms with Crippen LogP contribution in [0.2, 0.25) is 0 Å². The van der Waals surface area contributed by atoms with Gasteiger partial charge in [-0.25, -0.2) is 17.9 Å². The van der Waals surface area contributed by atoms with Gasteiger partial charge < -0.3 is 5.32 Å². The van der Waals surface area contributed by atoms with Gasteiger partial charge in [0.25, 0.3) is 0 Å². The number of benzene rings is 1. The Bertz CT molecular complexity index is 923. The molecule has 0 radical (unpaired) electrons. The molecule has 1 aromatic carbocycles. The van der Waals surface area contributed by atoms with Gasteiger partial charge in [0.2, 0.25) is 10.0 Å². The van der Waals surface area contributed by atoms with Crippen LogP contribution in [0.1, 0.15) is 67.6 Å². The molecule has 2 N–H and O–H groups in total. The van der Waals surface area contributed by atoms with Gasteiger partial charge in [-0.3, -0.25) is 0 Å². The number of aromatic nitrogens is 2. The summed E-state index contributed by atoms with van der Waals surface area (Å²) in [4.78, 5) is 12.5. The third-order valence-electron chi connectivity index (χ3n) is 4.27. The van der Waals surface area contributed by atoms with Crippen LogP contribution in [-0.4, -0.2) is 24.6 Å². The Hall–Kier alpha value is -2.48.